The minimum absolute atomic E-state index is 0.145. The van der Waals surface area contributed by atoms with Crippen LogP contribution in [0.25, 0.3) is 0 Å². The average molecular weight is 328 g/mol. The van der Waals surface area contributed by atoms with Crippen LogP contribution in [0.2, 0.25) is 0 Å². The minimum Gasteiger partial charge on any atom is -0.324 e. The van der Waals surface area contributed by atoms with Gasteiger partial charge in [0.25, 0.3) is 0 Å². The summed E-state index contributed by atoms with van der Waals surface area (Å²) in [5.41, 5.74) is 4.05. The van der Waals surface area contributed by atoms with Crippen molar-refractivity contribution in [1.29, 1.82) is 5.26 Å². The second-order valence-electron chi connectivity index (χ2n) is 5.73. The standard InChI is InChI=1S/C20H16N4O/c1-13-3-7-16(8-4-13)19(25)18-11-14(2)22-20(24-18)23-17-9-5-15(12-21)6-10-17/h3-11H,1-2H3,(H,22,23,24). The number of aromatic nitrogens is 2. The molecule has 0 aliphatic heterocycles. The van der Waals surface area contributed by atoms with Crippen LogP contribution in [-0.4, -0.2) is 15.8 Å². The molecule has 1 N–H and O–H groups in total. The van der Waals surface area contributed by atoms with Crippen LogP contribution in [0.5, 0.6) is 0 Å². The van der Waals surface area contributed by atoms with Crippen LogP contribution in [0.4, 0.5) is 11.6 Å². The van der Waals surface area contributed by atoms with E-state index in [2.05, 4.69) is 21.4 Å². The molecule has 2 aromatic carbocycles. The Hall–Kier alpha value is -3.52. The molecular weight excluding hydrogens is 312 g/mol. The molecule has 0 saturated heterocycles. The highest BCUT2D eigenvalue weighted by Crippen LogP contribution is 2.16. The van der Waals surface area contributed by atoms with Crippen molar-refractivity contribution in [3.63, 3.8) is 0 Å². The molecule has 122 valence electrons. The maximum absolute atomic E-state index is 12.6. The third-order valence-corrected chi connectivity index (χ3v) is 3.67. The molecule has 1 heterocycles. The highest BCUT2D eigenvalue weighted by molar-refractivity contribution is 6.07. The summed E-state index contributed by atoms with van der Waals surface area (Å²) in [6.45, 7) is 3.79. The zero-order valence-electron chi connectivity index (χ0n) is 13.9. The smallest absolute Gasteiger partial charge is 0.228 e. The molecule has 0 fully saturated rings. The number of aryl methyl sites for hydroxylation is 2. The van der Waals surface area contributed by atoms with Crippen molar-refractivity contribution < 1.29 is 4.79 Å². The highest BCUT2D eigenvalue weighted by atomic mass is 16.1. The van der Waals surface area contributed by atoms with Crippen molar-refractivity contribution in [2.45, 2.75) is 13.8 Å². The van der Waals surface area contributed by atoms with Gasteiger partial charge < -0.3 is 5.32 Å². The Kier molecular flexibility index (Phi) is 4.53. The van der Waals surface area contributed by atoms with Crippen molar-refractivity contribution in [2.75, 3.05) is 5.32 Å². The molecule has 0 saturated carbocycles. The van der Waals surface area contributed by atoms with Gasteiger partial charge in [0.1, 0.15) is 5.69 Å². The van der Waals surface area contributed by atoms with E-state index in [9.17, 15) is 4.79 Å². The van der Waals surface area contributed by atoms with Crippen LogP contribution < -0.4 is 5.32 Å². The van der Waals surface area contributed by atoms with Gasteiger partial charge in [0.2, 0.25) is 11.7 Å². The van der Waals surface area contributed by atoms with E-state index in [0.717, 1.165) is 11.3 Å². The number of hydrogen-bond donors (Lipinski definition) is 1. The van der Waals surface area contributed by atoms with Crippen molar-refractivity contribution in [3.8, 4) is 6.07 Å². The third kappa shape index (κ3) is 3.88. The molecule has 25 heavy (non-hydrogen) atoms. The van der Waals surface area contributed by atoms with Gasteiger partial charge in [-0.2, -0.15) is 5.26 Å². The molecule has 0 aliphatic rings. The number of nitrogens with one attached hydrogen (secondary N) is 1. The van der Waals surface area contributed by atoms with Crippen molar-refractivity contribution in [3.05, 3.63) is 82.7 Å². The largest absolute Gasteiger partial charge is 0.324 e. The minimum atomic E-state index is -0.145. The summed E-state index contributed by atoms with van der Waals surface area (Å²) in [5, 5.41) is 11.9. The second kappa shape index (κ2) is 6.93. The molecule has 5 nitrogen and oxygen atoms in total. The molecule has 0 radical (unpaired) electrons. The predicted molar refractivity (Wildman–Crippen MR) is 95.8 cm³/mol. The lowest BCUT2D eigenvalue weighted by molar-refractivity contribution is 0.103. The molecule has 0 unspecified atom stereocenters. The molecule has 3 aromatic rings. The molecule has 0 spiro atoms. The fraction of sp³-hybridized carbons (Fsp3) is 0.100. The SMILES string of the molecule is Cc1ccc(C(=O)c2cc(C)nc(Nc3ccc(C#N)cc3)n2)cc1. The Morgan fingerprint density at radius 1 is 1.00 bits per heavy atom. The van der Waals surface area contributed by atoms with Crippen LogP contribution in [0.15, 0.2) is 54.6 Å². The third-order valence-electron chi connectivity index (χ3n) is 3.67. The Bertz CT molecular complexity index is 954. The first-order chi connectivity index (χ1) is 12.0. The first-order valence-electron chi connectivity index (χ1n) is 7.79. The van der Waals surface area contributed by atoms with E-state index < -0.39 is 0 Å². The van der Waals surface area contributed by atoms with E-state index in [1.54, 1.807) is 42.5 Å². The Morgan fingerprint density at radius 3 is 2.32 bits per heavy atom. The van der Waals surface area contributed by atoms with E-state index in [1.807, 2.05) is 26.0 Å². The Balaban J connectivity index is 1.88. The normalized spacial score (nSPS) is 10.1. The predicted octanol–water partition coefficient (Wildman–Crippen LogP) is 3.94. The van der Waals surface area contributed by atoms with E-state index in [4.69, 9.17) is 5.26 Å². The lowest BCUT2D eigenvalue weighted by atomic mass is 10.1. The number of anilines is 2. The fourth-order valence-corrected chi connectivity index (χ4v) is 2.35. The van der Waals surface area contributed by atoms with E-state index in [-0.39, 0.29) is 5.78 Å². The maximum Gasteiger partial charge on any atom is 0.228 e. The molecule has 0 aliphatic carbocycles. The van der Waals surface area contributed by atoms with Gasteiger partial charge >= 0.3 is 0 Å². The first kappa shape index (κ1) is 16.3. The van der Waals surface area contributed by atoms with Crippen LogP contribution in [0, 0.1) is 25.2 Å². The van der Waals surface area contributed by atoms with Crippen LogP contribution >= 0.6 is 0 Å². The maximum atomic E-state index is 12.6. The van der Waals surface area contributed by atoms with Gasteiger partial charge in [0.05, 0.1) is 11.6 Å². The van der Waals surface area contributed by atoms with Crippen molar-refractivity contribution in [1.82, 2.24) is 9.97 Å². The molecule has 0 atom stereocenters. The summed E-state index contributed by atoms with van der Waals surface area (Å²) in [5.74, 6) is 0.202. The Morgan fingerprint density at radius 2 is 1.68 bits per heavy atom. The molecule has 0 amide bonds. The van der Waals surface area contributed by atoms with E-state index >= 15 is 0 Å². The summed E-state index contributed by atoms with van der Waals surface area (Å²) >= 11 is 0. The second-order valence-corrected chi connectivity index (χ2v) is 5.73. The number of carbonyl (C=O) groups excluding carboxylic acids is 1. The highest BCUT2D eigenvalue weighted by Gasteiger charge is 2.13. The van der Waals surface area contributed by atoms with Gasteiger partial charge in [-0.1, -0.05) is 29.8 Å². The van der Waals surface area contributed by atoms with Crippen LogP contribution in [0.1, 0.15) is 32.9 Å². The van der Waals surface area contributed by atoms with Crippen molar-refractivity contribution >= 4 is 17.4 Å². The monoisotopic (exact) mass is 328 g/mol. The van der Waals surface area contributed by atoms with Gasteiger partial charge in [0.15, 0.2) is 0 Å². The van der Waals surface area contributed by atoms with Gasteiger partial charge in [-0.05, 0) is 44.2 Å². The number of hydrogen-bond acceptors (Lipinski definition) is 5. The fourth-order valence-electron chi connectivity index (χ4n) is 2.35. The number of carbonyl (C=O) groups is 1. The summed E-state index contributed by atoms with van der Waals surface area (Å²) in [6.07, 6.45) is 0. The molecule has 1 aromatic heterocycles. The average Bonchev–Trinajstić information content (AvgIpc) is 2.62. The quantitative estimate of drug-likeness (QED) is 0.734. The summed E-state index contributed by atoms with van der Waals surface area (Å²) in [7, 11) is 0. The molecule has 3 rings (SSSR count). The topological polar surface area (TPSA) is 78.7 Å². The number of benzene rings is 2. The van der Waals surface area contributed by atoms with Gasteiger partial charge in [-0.3, -0.25) is 4.79 Å². The first-order valence-corrected chi connectivity index (χ1v) is 7.79. The lowest BCUT2D eigenvalue weighted by Crippen LogP contribution is -2.08. The molecule has 5 heteroatoms. The summed E-state index contributed by atoms with van der Waals surface area (Å²) < 4.78 is 0. The van der Waals surface area contributed by atoms with E-state index in [0.29, 0.717) is 28.5 Å². The zero-order valence-corrected chi connectivity index (χ0v) is 13.9. The van der Waals surface area contributed by atoms with Gasteiger partial charge in [0, 0.05) is 16.9 Å². The number of ketones is 1. The van der Waals surface area contributed by atoms with Gasteiger partial charge in [-0.15, -0.1) is 0 Å². The Labute approximate surface area is 146 Å². The number of nitrogens with zero attached hydrogens (tertiary/aromatic N) is 3. The van der Waals surface area contributed by atoms with Crippen molar-refractivity contribution in [2.24, 2.45) is 0 Å². The lowest BCUT2D eigenvalue weighted by Gasteiger charge is -2.08. The summed E-state index contributed by atoms with van der Waals surface area (Å²) in [4.78, 5) is 21.3. The number of rotatable bonds is 4. The van der Waals surface area contributed by atoms with Crippen LogP contribution in [0.3, 0.4) is 0 Å². The van der Waals surface area contributed by atoms with Gasteiger partial charge in [-0.25, -0.2) is 9.97 Å². The van der Waals surface area contributed by atoms with Crippen LogP contribution in [-0.2, 0) is 0 Å². The zero-order chi connectivity index (χ0) is 17.8. The molecule has 0 bridgehead atoms. The molecular formula is C20H16N4O. The van der Waals surface area contributed by atoms with E-state index in [1.165, 1.54) is 0 Å². The number of nitriles is 1. The summed E-state index contributed by atoms with van der Waals surface area (Å²) in [6, 6.07) is 18.1.